The van der Waals surface area contributed by atoms with E-state index in [4.69, 9.17) is 15.3 Å². The van der Waals surface area contributed by atoms with Gasteiger partial charge in [0.15, 0.2) is 0 Å². The van der Waals surface area contributed by atoms with Crippen molar-refractivity contribution < 1.29 is 4.74 Å². The second-order valence-electron chi connectivity index (χ2n) is 4.63. The van der Waals surface area contributed by atoms with Gasteiger partial charge in [-0.05, 0) is 24.5 Å². The van der Waals surface area contributed by atoms with E-state index in [1.807, 2.05) is 6.07 Å². The molecule has 0 fully saturated rings. The summed E-state index contributed by atoms with van der Waals surface area (Å²) in [6, 6.07) is 9.22. The molecule has 0 bridgehead atoms. The predicted octanol–water partition coefficient (Wildman–Crippen LogP) is 4.03. The topological polar surface area (TPSA) is 56.8 Å². The highest BCUT2D eigenvalue weighted by Crippen LogP contribution is 2.23. The maximum atomic E-state index is 9.11. The maximum absolute atomic E-state index is 9.11. The molecule has 0 heterocycles. The van der Waals surface area contributed by atoms with Crippen LogP contribution in [0.1, 0.15) is 50.7 Å². The van der Waals surface area contributed by atoms with Crippen molar-refractivity contribution >= 4 is 0 Å². The van der Waals surface area contributed by atoms with Crippen LogP contribution in [0.25, 0.3) is 0 Å². The van der Waals surface area contributed by atoms with E-state index in [-0.39, 0.29) is 0 Å². The highest BCUT2D eigenvalue weighted by Gasteiger charge is 2.11. The molecular weight excluding hydrogens is 236 g/mol. The first-order valence-electron chi connectivity index (χ1n) is 6.82. The first-order chi connectivity index (χ1) is 9.26. The molecule has 0 saturated heterocycles. The quantitative estimate of drug-likeness (QED) is 0.740. The molecule has 1 rings (SSSR count). The molecule has 0 aliphatic carbocycles. The van der Waals surface area contributed by atoms with Gasteiger partial charge in [0.2, 0.25) is 0 Å². The number of rotatable bonds is 7. The monoisotopic (exact) mass is 256 g/mol. The summed E-state index contributed by atoms with van der Waals surface area (Å²) >= 11 is 0. The first-order valence-corrected chi connectivity index (χ1v) is 6.82. The van der Waals surface area contributed by atoms with Crippen molar-refractivity contribution in [2.24, 2.45) is 5.92 Å². The summed E-state index contributed by atoms with van der Waals surface area (Å²) in [4.78, 5) is 0. The third-order valence-electron chi connectivity index (χ3n) is 3.28. The van der Waals surface area contributed by atoms with Gasteiger partial charge >= 0.3 is 0 Å². The van der Waals surface area contributed by atoms with Crippen molar-refractivity contribution in [1.82, 2.24) is 0 Å². The lowest BCUT2D eigenvalue weighted by Gasteiger charge is -2.16. The minimum Gasteiger partial charge on any atom is -0.492 e. The fraction of sp³-hybridized carbons (Fsp3) is 0.500. The third-order valence-corrected chi connectivity index (χ3v) is 3.28. The van der Waals surface area contributed by atoms with Gasteiger partial charge in [-0.25, -0.2) is 0 Å². The maximum Gasteiger partial charge on any atom is 0.138 e. The number of hydrogen-bond donors (Lipinski definition) is 0. The lowest BCUT2D eigenvalue weighted by Crippen LogP contribution is -2.12. The Morgan fingerprint density at radius 1 is 1.21 bits per heavy atom. The smallest absolute Gasteiger partial charge is 0.138 e. The summed E-state index contributed by atoms with van der Waals surface area (Å²) in [5.74, 6) is 1.04. The molecular formula is C16H20N2O. The van der Waals surface area contributed by atoms with Crippen molar-refractivity contribution in [3.8, 4) is 17.9 Å². The van der Waals surface area contributed by atoms with Crippen LogP contribution in [0, 0.1) is 28.6 Å². The number of benzene rings is 1. The third kappa shape index (κ3) is 4.30. The van der Waals surface area contributed by atoms with Gasteiger partial charge in [-0.1, -0.05) is 39.2 Å². The summed E-state index contributed by atoms with van der Waals surface area (Å²) < 4.78 is 5.75. The Kier molecular flexibility index (Phi) is 6.47. The Morgan fingerprint density at radius 2 is 2.00 bits per heavy atom. The molecule has 1 aromatic rings. The number of hydrogen-bond acceptors (Lipinski definition) is 3. The van der Waals surface area contributed by atoms with Gasteiger partial charge in [-0.15, -0.1) is 0 Å². The highest BCUT2D eigenvalue weighted by molar-refractivity contribution is 5.53. The average Bonchev–Trinajstić information content (AvgIpc) is 2.46. The molecule has 100 valence electrons. The zero-order valence-corrected chi connectivity index (χ0v) is 11.6. The molecule has 3 heteroatoms. The Hall–Kier alpha value is -2.00. The van der Waals surface area contributed by atoms with Crippen molar-refractivity contribution in [2.45, 2.75) is 39.5 Å². The molecule has 1 atom stereocenters. The molecule has 0 radical (unpaired) electrons. The van der Waals surface area contributed by atoms with Crippen LogP contribution in [0.3, 0.4) is 0 Å². The van der Waals surface area contributed by atoms with Gasteiger partial charge in [0, 0.05) is 0 Å². The van der Waals surface area contributed by atoms with E-state index < -0.39 is 0 Å². The van der Waals surface area contributed by atoms with Crippen LogP contribution in [-0.2, 0) is 0 Å². The van der Waals surface area contributed by atoms with Crippen LogP contribution in [-0.4, -0.2) is 6.61 Å². The summed E-state index contributed by atoms with van der Waals surface area (Å²) in [6.07, 6.45) is 4.60. The summed E-state index contributed by atoms with van der Waals surface area (Å²) in [7, 11) is 0. The zero-order chi connectivity index (χ0) is 14.1. The Morgan fingerprint density at radius 3 is 2.58 bits per heavy atom. The summed E-state index contributed by atoms with van der Waals surface area (Å²) in [6.45, 7) is 4.94. The number of unbranched alkanes of at least 4 members (excludes halogenated alkanes) is 1. The first kappa shape index (κ1) is 15.1. The van der Waals surface area contributed by atoms with Gasteiger partial charge in [0.05, 0.1) is 12.2 Å². The molecule has 0 amide bonds. The van der Waals surface area contributed by atoms with Crippen LogP contribution in [0.2, 0.25) is 0 Å². The van der Waals surface area contributed by atoms with E-state index in [2.05, 4.69) is 19.9 Å². The van der Waals surface area contributed by atoms with Crippen LogP contribution in [0.5, 0.6) is 5.75 Å². The molecule has 19 heavy (non-hydrogen) atoms. The number of nitriles is 2. The molecule has 0 N–H and O–H groups in total. The van der Waals surface area contributed by atoms with Gasteiger partial charge in [-0.3, -0.25) is 0 Å². The van der Waals surface area contributed by atoms with Gasteiger partial charge in [-0.2, -0.15) is 10.5 Å². The Labute approximate surface area is 115 Å². The van der Waals surface area contributed by atoms with E-state index in [1.54, 1.807) is 18.2 Å². The number of nitrogens with zero attached hydrogens (tertiary/aromatic N) is 2. The normalized spacial score (nSPS) is 11.4. The Bertz CT molecular complexity index is 483. The van der Waals surface area contributed by atoms with Crippen LogP contribution in [0.15, 0.2) is 18.2 Å². The molecule has 1 aromatic carbocycles. The molecule has 3 nitrogen and oxygen atoms in total. The molecule has 0 aliphatic rings. The lowest BCUT2D eigenvalue weighted by atomic mass is 10.0. The van der Waals surface area contributed by atoms with Gasteiger partial charge in [0.1, 0.15) is 23.5 Å². The standard InChI is InChI=1S/C16H20N2O/c1-3-5-7-13(4-2)12-19-16-9-6-8-14(10-17)15(16)11-18/h6,8-9,13H,3-5,7,12H2,1-2H3. The zero-order valence-electron chi connectivity index (χ0n) is 11.6. The molecule has 0 spiro atoms. The van der Waals surface area contributed by atoms with E-state index >= 15 is 0 Å². The van der Waals surface area contributed by atoms with E-state index in [9.17, 15) is 0 Å². The second-order valence-corrected chi connectivity index (χ2v) is 4.63. The fourth-order valence-corrected chi connectivity index (χ4v) is 1.97. The van der Waals surface area contributed by atoms with Gasteiger partial charge < -0.3 is 4.74 Å². The highest BCUT2D eigenvalue weighted by atomic mass is 16.5. The second kappa shape index (κ2) is 8.16. The van der Waals surface area contributed by atoms with Crippen molar-refractivity contribution in [3.05, 3.63) is 29.3 Å². The van der Waals surface area contributed by atoms with E-state index in [0.29, 0.717) is 29.4 Å². The van der Waals surface area contributed by atoms with Crippen molar-refractivity contribution in [1.29, 1.82) is 10.5 Å². The predicted molar refractivity (Wildman–Crippen MR) is 74.7 cm³/mol. The minimum atomic E-state index is 0.343. The molecule has 0 aliphatic heterocycles. The SMILES string of the molecule is CCCCC(CC)COc1cccc(C#N)c1C#N. The van der Waals surface area contributed by atoms with Crippen molar-refractivity contribution in [3.63, 3.8) is 0 Å². The van der Waals surface area contributed by atoms with Gasteiger partial charge in [0.25, 0.3) is 0 Å². The summed E-state index contributed by atoms with van der Waals surface area (Å²) in [5, 5.41) is 18.1. The van der Waals surface area contributed by atoms with E-state index in [0.717, 1.165) is 12.8 Å². The molecule has 0 saturated carbocycles. The average molecular weight is 256 g/mol. The molecule has 0 aromatic heterocycles. The summed E-state index contributed by atoms with van der Waals surface area (Å²) in [5.41, 5.74) is 0.719. The van der Waals surface area contributed by atoms with E-state index in [1.165, 1.54) is 12.8 Å². The van der Waals surface area contributed by atoms with Crippen molar-refractivity contribution in [2.75, 3.05) is 6.61 Å². The molecule has 1 unspecified atom stereocenters. The largest absolute Gasteiger partial charge is 0.492 e. The van der Waals surface area contributed by atoms with Crippen LogP contribution < -0.4 is 4.74 Å². The Balaban J connectivity index is 2.72. The minimum absolute atomic E-state index is 0.343. The lowest BCUT2D eigenvalue weighted by molar-refractivity contribution is 0.233. The fourth-order valence-electron chi connectivity index (χ4n) is 1.97. The van der Waals surface area contributed by atoms with Crippen LogP contribution >= 0.6 is 0 Å². The van der Waals surface area contributed by atoms with Crippen LogP contribution in [0.4, 0.5) is 0 Å². The number of ether oxygens (including phenoxy) is 1.